The molecule has 0 radical (unpaired) electrons. The number of rotatable bonds is 4. The largest absolute Gasteiger partial charge is 0.352 e. The monoisotopic (exact) mass is 298 g/mol. The van der Waals surface area contributed by atoms with Crippen molar-refractivity contribution in [3.63, 3.8) is 0 Å². The predicted octanol–water partition coefficient (Wildman–Crippen LogP) is 2.37. The smallest absolute Gasteiger partial charge is 0.248 e. The fraction of sp³-hybridized carbons (Fsp3) is 0.444. The van der Waals surface area contributed by atoms with E-state index in [1.165, 1.54) is 11.1 Å². The molecule has 1 saturated carbocycles. The molecule has 0 spiro atoms. The fourth-order valence-electron chi connectivity index (χ4n) is 3.36. The van der Waals surface area contributed by atoms with Crippen LogP contribution in [0.25, 0.3) is 0 Å². The third kappa shape index (κ3) is 3.21. The lowest BCUT2D eigenvalue weighted by molar-refractivity contribution is -0.123. The summed E-state index contributed by atoms with van der Waals surface area (Å²) in [7, 11) is 0. The van der Waals surface area contributed by atoms with E-state index in [4.69, 9.17) is 0 Å². The fourth-order valence-corrected chi connectivity index (χ4v) is 3.36. The molecule has 1 heterocycles. The molecule has 1 aliphatic carbocycles. The Morgan fingerprint density at radius 3 is 3.05 bits per heavy atom. The summed E-state index contributed by atoms with van der Waals surface area (Å²) >= 11 is 0. The molecule has 1 aromatic rings. The number of fused-ring (bicyclic) bond motifs is 1. The molecule has 3 rings (SSSR count). The van der Waals surface area contributed by atoms with Gasteiger partial charge in [-0.3, -0.25) is 9.59 Å². The van der Waals surface area contributed by atoms with Gasteiger partial charge in [0, 0.05) is 12.1 Å². The number of hydrogen-bond donors (Lipinski definition) is 2. The van der Waals surface area contributed by atoms with Gasteiger partial charge in [0.05, 0.1) is 12.5 Å². The number of benzene rings is 1. The summed E-state index contributed by atoms with van der Waals surface area (Å²) in [5.41, 5.74) is 4.13. The molecule has 116 valence electrons. The van der Waals surface area contributed by atoms with Crippen molar-refractivity contribution in [1.82, 2.24) is 10.6 Å². The van der Waals surface area contributed by atoms with E-state index in [9.17, 15) is 9.59 Å². The Morgan fingerprint density at radius 1 is 1.36 bits per heavy atom. The molecular formula is C18H22N2O2. The van der Waals surface area contributed by atoms with E-state index in [-0.39, 0.29) is 24.3 Å². The molecule has 22 heavy (non-hydrogen) atoms. The van der Waals surface area contributed by atoms with Crippen LogP contribution in [0.2, 0.25) is 0 Å². The number of hydrogen-bond acceptors (Lipinski definition) is 2. The van der Waals surface area contributed by atoms with Crippen LogP contribution in [0.1, 0.15) is 43.2 Å². The van der Waals surface area contributed by atoms with Crippen LogP contribution in [0.3, 0.4) is 0 Å². The lowest BCUT2D eigenvalue weighted by Crippen LogP contribution is -2.30. The van der Waals surface area contributed by atoms with Crippen molar-refractivity contribution >= 4 is 11.8 Å². The van der Waals surface area contributed by atoms with Crippen LogP contribution in [-0.2, 0) is 16.1 Å². The van der Waals surface area contributed by atoms with Crippen molar-refractivity contribution < 1.29 is 9.59 Å². The Balaban J connectivity index is 1.60. The van der Waals surface area contributed by atoms with Crippen molar-refractivity contribution in [2.24, 2.45) is 0 Å². The lowest BCUT2D eigenvalue weighted by atomic mass is 9.88. The molecule has 1 fully saturated rings. The van der Waals surface area contributed by atoms with E-state index in [2.05, 4.69) is 16.7 Å². The molecule has 2 amide bonds. The minimum absolute atomic E-state index is 0.0485. The standard InChI is InChI=1S/C18H22N2O2/c1-12-5-4-6-13(9-12)11-19-17(21)10-15-14-7-2-3-8-16(14)20-18(15)22/h4-6,9,16H,2-3,7-8,10-11H2,1H3,(H,19,21)(H,20,22). The maximum Gasteiger partial charge on any atom is 0.248 e. The van der Waals surface area contributed by atoms with E-state index in [1.54, 1.807) is 0 Å². The van der Waals surface area contributed by atoms with Gasteiger partial charge in [-0.15, -0.1) is 0 Å². The van der Waals surface area contributed by atoms with Crippen LogP contribution in [0.4, 0.5) is 0 Å². The Labute approximate surface area is 131 Å². The summed E-state index contributed by atoms with van der Waals surface area (Å²) in [6, 6.07) is 8.25. The number of nitrogens with one attached hydrogen (secondary N) is 2. The first-order valence-corrected chi connectivity index (χ1v) is 7.98. The zero-order valence-electron chi connectivity index (χ0n) is 12.9. The highest BCUT2D eigenvalue weighted by molar-refractivity contribution is 6.02. The molecule has 1 aliphatic heterocycles. The van der Waals surface area contributed by atoms with Crippen molar-refractivity contribution in [3.05, 3.63) is 46.5 Å². The summed E-state index contributed by atoms with van der Waals surface area (Å²) in [5.74, 6) is -0.127. The molecule has 4 nitrogen and oxygen atoms in total. The first-order valence-electron chi connectivity index (χ1n) is 7.98. The zero-order valence-corrected chi connectivity index (χ0v) is 12.9. The molecule has 0 bridgehead atoms. The summed E-state index contributed by atoms with van der Waals surface area (Å²) < 4.78 is 0. The number of carbonyl (C=O) groups is 2. The minimum atomic E-state index is -0.0784. The average Bonchev–Trinajstić information content (AvgIpc) is 2.81. The molecule has 4 heteroatoms. The minimum Gasteiger partial charge on any atom is -0.352 e. The van der Waals surface area contributed by atoms with Crippen molar-refractivity contribution in [2.75, 3.05) is 0 Å². The second kappa shape index (κ2) is 6.34. The van der Waals surface area contributed by atoms with Gasteiger partial charge in [-0.2, -0.15) is 0 Å². The highest BCUT2D eigenvalue weighted by atomic mass is 16.2. The van der Waals surface area contributed by atoms with Gasteiger partial charge in [-0.1, -0.05) is 36.2 Å². The molecule has 0 saturated heterocycles. The van der Waals surface area contributed by atoms with Crippen LogP contribution in [0.15, 0.2) is 35.4 Å². The number of aryl methyl sites for hydroxylation is 1. The SMILES string of the molecule is Cc1cccc(CNC(=O)CC2=C3CCCCC3NC2=O)c1. The average molecular weight is 298 g/mol. The molecule has 1 unspecified atom stereocenters. The maximum atomic E-state index is 12.2. The second-order valence-electron chi connectivity index (χ2n) is 6.22. The van der Waals surface area contributed by atoms with E-state index in [0.717, 1.165) is 31.2 Å². The molecule has 1 atom stereocenters. The quantitative estimate of drug-likeness (QED) is 0.896. The highest BCUT2D eigenvalue weighted by Gasteiger charge is 2.33. The third-order valence-electron chi connectivity index (χ3n) is 4.49. The first kappa shape index (κ1) is 14.8. The lowest BCUT2D eigenvalue weighted by Gasteiger charge is -2.20. The van der Waals surface area contributed by atoms with Gasteiger partial charge in [0.2, 0.25) is 11.8 Å². The Hall–Kier alpha value is -2.10. The normalized spacial score (nSPS) is 20.6. The van der Waals surface area contributed by atoms with Gasteiger partial charge in [0.1, 0.15) is 0 Å². The van der Waals surface area contributed by atoms with Crippen LogP contribution >= 0.6 is 0 Å². The Bertz CT molecular complexity index is 634. The summed E-state index contributed by atoms with van der Waals surface area (Å²) in [6.45, 7) is 2.54. The molecular weight excluding hydrogens is 276 g/mol. The molecule has 0 aromatic heterocycles. The van der Waals surface area contributed by atoms with Crippen LogP contribution < -0.4 is 10.6 Å². The van der Waals surface area contributed by atoms with E-state index in [1.807, 2.05) is 25.1 Å². The number of carbonyl (C=O) groups excluding carboxylic acids is 2. The molecule has 2 N–H and O–H groups in total. The van der Waals surface area contributed by atoms with Gasteiger partial charge < -0.3 is 10.6 Å². The van der Waals surface area contributed by atoms with Gasteiger partial charge in [-0.25, -0.2) is 0 Å². The van der Waals surface area contributed by atoms with Crippen LogP contribution in [0.5, 0.6) is 0 Å². The van der Waals surface area contributed by atoms with E-state index >= 15 is 0 Å². The van der Waals surface area contributed by atoms with Gasteiger partial charge in [0.15, 0.2) is 0 Å². The highest BCUT2D eigenvalue weighted by Crippen LogP contribution is 2.32. The topological polar surface area (TPSA) is 58.2 Å². The summed E-state index contributed by atoms with van der Waals surface area (Å²) in [5, 5.41) is 5.92. The first-order chi connectivity index (χ1) is 10.6. The predicted molar refractivity (Wildman–Crippen MR) is 85.1 cm³/mol. The Morgan fingerprint density at radius 2 is 2.23 bits per heavy atom. The summed E-state index contributed by atoms with van der Waals surface area (Å²) in [4.78, 5) is 24.2. The van der Waals surface area contributed by atoms with E-state index in [0.29, 0.717) is 12.1 Å². The molecule has 2 aliphatic rings. The van der Waals surface area contributed by atoms with Gasteiger partial charge >= 0.3 is 0 Å². The maximum absolute atomic E-state index is 12.2. The third-order valence-corrected chi connectivity index (χ3v) is 4.49. The van der Waals surface area contributed by atoms with Crippen molar-refractivity contribution in [3.8, 4) is 0 Å². The molecule has 1 aromatic carbocycles. The van der Waals surface area contributed by atoms with Crippen LogP contribution in [-0.4, -0.2) is 17.9 Å². The van der Waals surface area contributed by atoms with Crippen molar-refractivity contribution in [1.29, 1.82) is 0 Å². The number of amides is 2. The Kier molecular flexibility index (Phi) is 4.27. The van der Waals surface area contributed by atoms with Crippen LogP contribution in [0, 0.1) is 6.92 Å². The van der Waals surface area contributed by atoms with Gasteiger partial charge in [-0.05, 0) is 37.3 Å². The van der Waals surface area contributed by atoms with Crippen molar-refractivity contribution in [2.45, 2.75) is 51.6 Å². The second-order valence-corrected chi connectivity index (χ2v) is 6.22. The van der Waals surface area contributed by atoms with E-state index < -0.39 is 0 Å². The summed E-state index contributed by atoms with van der Waals surface area (Å²) in [6.07, 6.45) is 4.43. The zero-order chi connectivity index (χ0) is 15.5. The van der Waals surface area contributed by atoms with Gasteiger partial charge in [0.25, 0.3) is 0 Å².